The minimum Gasteiger partial charge on any atom is -0.480 e. The highest BCUT2D eigenvalue weighted by Crippen LogP contribution is 2.44. The molecule has 0 aromatic heterocycles. The van der Waals surface area contributed by atoms with Crippen molar-refractivity contribution >= 4 is 29.7 Å². The number of carboxylic acid groups (broad SMARTS) is 1. The summed E-state index contributed by atoms with van der Waals surface area (Å²) in [5.41, 5.74) is 4.48. The number of alkyl carbamates (subject to hydrolysis) is 1. The molecule has 0 unspecified atom stereocenters. The van der Waals surface area contributed by atoms with Gasteiger partial charge in [0.2, 0.25) is 5.91 Å². The van der Waals surface area contributed by atoms with Crippen LogP contribution in [0.1, 0.15) is 17.0 Å². The topological polar surface area (TPSA) is 95.9 Å². The Balaban J connectivity index is 1.56. The number of aliphatic carboxylic acids is 1. The predicted molar refractivity (Wildman–Crippen MR) is 116 cm³/mol. The van der Waals surface area contributed by atoms with Gasteiger partial charge in [-0.15, -0.1) is 0 Å². The lowest BCUT2D eigenvalue weighted by Crippen LogP contribution is -2.43. The van der Waals surface area contributed by atoms with Crippen LogP contribution in [0.2, 0.25) is 0 Å². The van der Waals surface area contributed by atoms with E-state index >= 15 is 0 Å². The number of rotatable bonds is 9. The van der Waals surface area contributed by atoms with E-state index in [1.807, 2.05) is 42.7 Å². The maximum atomic E-state index is 12.3. The molecule has 8 heteroatoms. The third kappa shape index (κ3) is 5.13. The van der Waals surface area contributed by atoms with Crippen LogP contribution in [-0.4, -0.2) is 66.2 Å². The van der Waals surface area contributed by atoms with Crippen LogP contribution in [0.4, 0.5) is 4.79 Å². The molecular weight excluding hydrogens is 404 g/mol. The van der Waals surface area contributed by atoms with Gasteiger partial charge in [-0.3, -0.25) is 9.59 Å². The van der Waals surface area contributed by atoms with Crippen LogP contribution in [0.3, 0.4) is 0 Å². The number of carbonyl (C=O) groups is 3. The quantitative estimate of drug-likeness (QED) is 0.638. The van der Waals surface area contributed by atoms with Crippen molar-refractivity contribution in [3.8, 4) is 11.1 Å². The summed E-state index contributed by atoms with van der Waals surface area (Å²) < 4.78 is 5.39. The van der Waals surface area contributed by atoms with Gasteiger partial charge in [0.25, 0.3) is 0 Å². The van der Waals surface area contributed by atoms with E-state index in [4.69, 9.17) is 9.84 Å². The normalized spacial score (nSPS) is 12.0. The minimum atomic E-state index is -1.09. The van der Waals surface area contributed by atoms with Crippen molar-refractivity contribution in [3.05, 3.63) is 59.7 Å². The fourth-order valence-corrected chi connectivity index (χ4v) is 3.97. The Morgan fingerprint density at radius 3 is 2.23 bits per heavy atom. The van der Waals surface area contributed by atoms with E-state index in [2.05, 4.69) is 17.4 Å². The highest BCUT2D eigenvalue weighted by atomic mass is 32.2. The van der Waals surface area contributed by atoms with Gasteiger partial charge < -0.3 is 20.1 Å². The number of thioether (sulfide) groups is 1. The van der Waals surface area contributed by atoms with Crippen molar-refractivity contribution in [2.75, 3.05) is 38.2 Å². The maximum absolute atomic E-state index is 12.3. The molecule has 0 radical (unpaired) electrons. The Hall–Kier alpha value is -3.00. The van der Waals surface area contributed by atoms with Gasteiger partial charge >= 0.3 is 12.1 Å². The Kier molecular flexibility index (Phi) is 7.35. The molecule has 3 rings (SSSR count). The monoisotopic (exact) mass is 428 g/mol. The molecule has 0 saturated heterocycles. The number of fused-ring (bicyclic) bond motifs is 3. The lowest BCUT2D eigenvalue weighted by molar-refractivity contribution is -0.143. The Morgan fingerprint density at radius 1 is 1.07 bits per heavy atom. The first kappa shape index (κ1) is 21.7. The Morgan fingerprint density at radius 2 is 1.67 bits per heavy atom. The van der Waals surface area contributed by atoms with Crippen molar-refractivity contribution < 1.29 is 24.2 Å². The van der Waals surface area contributed by atoms with Crippen LogP contribution in [0.25, 0.3) is 11.1 Å². The molecule has 0 fully saturated rings. The molecule has 2 aromatic rings. The third-order valence-corrected chi connectivity index (χ3v) is 5.56. The van der Waals surface area contributed by atoms with Gasteiger partial charge in [-0.1, -0.05) is 48.5 Å². The molecule has 0 aliphatic heterocycles. The molecule has 2 amide bonds. The fraction of sp³-hybridized carbons (Fsp3) is 0.318. The largest absolute Gasteiger partial charge is 0.480 e. The summed E-state index contributed by atoms with van der Waals surface area (Å²) in [6, 6.07) is 16.1. The molecule has 30 heavy (non-hydrogen) atoms. The summed E-state index contributed by atoms with van der Waals surface area (Å²) in [7, 11) is 0. The second-order valence-corrected chi connectivity index (χ2v) is 7.87. The number of nitrogens with zero attached hydrogens (tertiary/aromatic N) is 1. The summed E-state index contributed by atoms with van der Waals surface area (Å²) in [6.45, 7) is -0.248. The maximum Gasteiger partial charge on any atom is 0.407 e. The van der Waals surface area contributed by atoms with Gasteiger partial charge in [0.15, 0.2) is 0 Å². The summed E-state index contributed by atoms with van der Waals surface area (Å²) in [5, 5.41) is 11.4. The summed E-state index contributed by atoms with van der Waals surface area (Å²) in [4.78, 5) is 36.6. The molecule has 2 aromatic carbocycles. The zero-order valence-electron chi connectivity index (χ0n) is 16.7. The van der Waals surface area contributed by atoms with E-state index in [0.717, 1.165) is 22.3 Å². The number of hydrogen-bond donors (Lipinski definition) is 2. The van der Waals surface area contributed by atoms with Crippen LogP contribution >= 0.6 is 11.8 Å². The third-order valence-electron chi connectivity index (χ3n) is 4.97. The summed E-state index contributed by atoms with van der Waals surface area (Å²) >= 11 is 1.51. The standard InChI is InChI=1S/C22H24N2O5S/c1-30-11-10-24(13-21(26)27)20(25)12-23-22(28)29-14-19-17-8-4-2-6-15(17)16-7-3-5-9-18(16)19/h2-9,19H,10-14H2,1H3,(H,23,28)(H,26,27). The first-order valence-corrected chi connectivity index (χ1v) is 11.0. The van der Waals surface area contributed by atoms with E-state index in [1.165, 1.54) is 16.7 Å². The number of hydrogen-bond acceptors (Lipinski definition) is 5. The summed E-state index contributed by atoms with van der Waals surface area (Å²) in [6.07, 6.45) is 1.17. The van der Waals surface area contributed by atoms with Crippen molar-refractivity contribution in [3.63, 3.8) is 0 Å². The van der Waals surface area contributed by atoms with Crippen LogP contribution < -0.4 is 5.32 Å². The van der Waals surface area contributed by atoms with Crippen LogP contribution in [-0.2, 0) is 14.3 Å². The minimum absolute atomic E-state index is 0.0658. The number of amides is 2. The first-order valence-electron chi connectivity index (χ1n) is 9.58. The lowest BCUT2D eigenvalue weighted by atomic mass is 9.98. The first-order chi connectivity index (χ1) is 14.5. The lowest BCUT2D eigenvalue weighted by Gasteiger charge is -2.20. The zero-order valence-corrected chi connectivity index (χ0v) is 17.5. The molecule has 0 spiro atoms. The fourth-order valence-electron chi connectivity index (χ4n) is 3.57. The van der Waals surface area contributed by atoms with Gasteiger partial charge in [0, 0.05) is 18.2 Å². The zero-order chi connectivity index (χ0) is 21.5. The molecule has 158 valence electrons. The van der Waals surface area contributed by atoms with E-state index in [-0.39, 0.29) is 19.1 Å². The van der Waals surface area contributed by atoms with Crippen LogP contribution in [0.15, 0.2) is 48.5 Å². The van der Waals surface area contributed by atoms with Gasteiger partial charge in [-0.2, -0.15) is 11.8 Å². The van der Waals surface area contributed by atoms with Gasteiger partial charge in [-0.05, 0) is 28.5 Å². The molecule has 0 bridgehead atoms. The van der Waals surface area contributed by atoms with Crippen LogP contribution in [0, 0.1) is 0 Å². The average Bonchev–Trinajstić information content (AvgIpc) is 3.07. The molecule has 7 nitrogen and oxygen atoms in total. The van der Waals surface area contributed by atoms with Gasteiger partial charge in [0.05, 0.1) is 0 Å². The SMILES string of the molecule is CSCCN(CC(=O)O)C(=O)CNC(=O)OCC1c2ccccc2-c2ccccc21. The highest BCUT2D eigenvalue weighted by Gasteiger charge is 2.29. The van der Waals surface area contributed by atoms with Gasteiger partial charge in [-0.25, -0.2) is 4.79 Å². The van der Waals surface area contributed by atoms with E-state index in [0.29, 0.717) is 12.3 Å². The highest BCUT2D eigenvalue weighted by molar-refractivity contribution is 7.98. The molecule has 2 N–H and O–H groups in total. The summed E-state index contributed by atoms with van der Waals surface area (Å²) in [5.74, 6) is -1.00. The number of carbonyl (C=O) groups excluding carboxylic acids is 2. The Bertz CT molecular complexity index is 888. The van der Waals surface area contributed by atoms with Crippen molar-refractivity contribution in [2.24, 2.45) is 0 Å². The van der Waals surface area contributed by atoms with E-state index in [9.17, 15) is 14.4 Å². The number of carboxylic acids is 1. The van der Waals surface area contributed by atoms with Crippen molar-refractivity contribution in [1.82, 2.24) is 10.2 Å². The van der Waals surface area contributed by atoms with Crippen molar-refractivity contribution in [2.45, 2.75) is 5.92 Å². The number of nitrogens with one attached hydrogen (secondary N) is 1. The molecule has 1 aliphatic rings. The molecular formula is C22H24N2O5S. The number of ether oxygens (including phenoxy) is 1. The second-order valence-electron chi connectivity index (χ2n) is 6.88. The molecule has 0 saturated carbocycles. The predicted octanol–water partition coefficient (Wildman–Crippen LogP) is 2.80. The molecule has 0 heterocycles. The second kappa shape index (κ2) is 10.2. The Labute approximate surface area is 179 Å². The average molecular weight is 429 g/mol. The molecule has 0 atom stereocenters. The van der Waals surface area contributed by atoms with Gasteiger partial charge in [0.1, 0.15) is 19.7 Å². The smallest absolute Gasteiger partial charge is 0.407 e. The van der Waals surface area contributed by atoms with E-state index in [1.54, 1.807) is 0 Å². The number of benzene rings is 2. The van der Waals surface area contributed by atoms with Crippen LogP contribution in [0.5, 0.6) is 0 Å². The molecule has 1 aliphatic carbocycles. The van der Waals surface area contributed by atoms with E-state index < -0.39 is 24.5 Å². The van der Waals surface area contributed by atoms with Crippen molar-refractivity contribution in [1.29, 1.82) is 0 Å².